The Morgan fingerprint density at radius 2 is 2.20 bits per heavy atom. The van der Waals surface area contributed by atoms with Crippen molar-refractivity contribution in [3.8, 4) is 0 Å². The van der Waals surface area contributed by atoms with Crippen LogP contribution < -0.4 is 5.73 Å². The average molecular weight is 367 g/mol. The fourth-order valence-electron chi connectivity index (χ4n) is 0.600. The Hall–Kier alpha value is 1.12. The summed E-state index contributed by atoms with van der Waals surface area (Å²) in [6.45, 7) is 0. The molecule has 0 bridgehead atoms. The van der Waals surface area contributed by atoms with Gasteiger partial charge in [-0.1, -0.05) is 51.3 Å². The summed E-state index contributed by atoms with van der Waals surface area (Å²) < 4.78 is 2.92. The lowest BCUT2D eigenvalue weighted by Crippen LogP contribution is -2.28. The Morgan fingerprint density at radius 1 is 1.60 bits per heavy atom. The van der Waals surface area contributed by atoms with E-state index in [2.05, 4.69) is 45.2 Å². The molecule has 2 unspecified atom stereocenters. The van der Waals surface area contributed by atoms with Crippen molar-refractivity contribution in [1.82, 2.24) is 0 Å². The molecule has 0 rings (SSSR count). The van der Waals surface area contributed by atoms with Gasteiger partial charge in [0.2, 0.25) is 0 Å². The minimum atomic E-state index is -0.708. The molecule has 0 aliphatic rings. The van der Waals surface area contributed by atoms with Crippen molar-refractivity contribution in [2.24, 2.45) is 11.7 Å². The first-order valence-corrected chi connectivity index (χ1v) is 5.76. The van der Waals surface area contributed by atoms with Crippen molar-refractivity contribution in [2.75, 3.05) is 4.43 Å². The van der Waals surface area contributed by atoms with Gasteiger partial charge in [0.25, 0.3) is 0 Å². The van der Waals surface area contributed by atoms with Crippen molar-refractivity contribution >= 4 is 45.2 Å². The molecule has 3 N–H and O–H groups in total. The fraction of sp³-hybridized carbons (Fsp3) is 0.667. The Morgan fingerprint density at radius 3 is 2.50 bits per heavy atom. The van der Waals surface area contributed by atoms with E-state index in [4.69, 9.17) is 10.8 Å². The van der Waals surface area contributed by atoms with E-state index in [0.717, 1.165) is 10.8 Å². The van der Waals surface area contributed by atoms with Crippen LogP contribution in [0.25, 0.3) is 0 Å². The number of hydrogen-bond acceptors (Lipinski definition) is 2. The molecule has 0 aromatic rings. The summed E-state index contributed by atoms with van der Waals surface area (Å²) in [5.74, 6) is 0.119. The maximum Gasteiger partial charge on any atom is 0.108 e. The zero-order chi connectivity index (χ0) is 7.98. The lowest BCUT2D eigenvalue weighted by molar-refractivity contribution is 0.136. The highest BCUT2D eigenvalue weighted by Gasteiger charge is 2.09. The summed E-state index contributed by atoms with van der Waals surface area (Å²) in [6.07, 6.45) is 2.17. The van der Waals surface area contributed by atoms with E-state index >= 15 is 0 Å². The molecule has 10 heavy (non-hydrogen) atoms. The van der Waals surface area contributed by atoms with Gasteiger partial charge >= 0.3 is 0 Å². The molecule has 0 radical (unpaired) electrons. The Labute approximate surface area is 88.5 Å². The Kier molecular flexibility index (Phi) is 7.57. The SMILES string of the molecule is NC(O)C(/C=C\I)CCI. The van der Waals surface area contributed by atoms with Crippen molar-refractivity contribution in [3.63, 3.8) is 0 Å². The highest BCUT2D eigenvalue weighted by Crippen LogP contribution is 2.10. The quantitative estimate of drug-likeness (QED) is 0.451. The second-order valence-corrected chi connectivity index (χ2v) is 3.75. The van der Waals surface area contributed by atoms with Gasteiger partial charge in [0.1, 0.15) is 6.23 Å². The molecule has 60 valence electrons. The van der Waals surface area contributed by atoms with Gasteiger partial charge in [0, 0.05) is 10.3 Å². The average Bonchev–Trinajstić information content (AvgIpc) is 1.87. The van der Waals surface area contributed by atoms with E-state index in [0.29, 0.717) is 0 Å². The van der Waals surface area contributed by atoms with Crippen LogP contribution in [0.2, 0.25) is 0 Å². The van der Waals surface area contributed by atoms with E-state index in [-0.39, 0.29) is 5.92 Å². The summed E-state index contributed by atoms with van der Waals surface area (Å²) in [4.78, 5) is 0. The number of hydrogen-bond donors (Lipinski definition) is 2. The molecule has 0 amide bonds. The van der Waals surface area contributed by atoms with Gasteiger partial charge in [-0.2, -0.15) is 0 Å². The molecule has 0 aromatic carbocycles. The van der Waals surface area contributed by atoms with Gasteiger partial charge in [-0.3, -0.25) is 0 Å². The summed E-state index contributed by atoms with van der Waals surface area (Å²) in [6, 6.07) is 0. The van der Waals surface area contributed by atoms with E-state index in [1.54, 1.807) is 0 Å². The molecular weight excluding hydrogens is 356 g/mol. The van der Waals surface area contributed by atoms with Crippen LogP contribution in [0.15, 0.2) is 10.2 Å². The van der Waals surface area contributed by atoms with Gasteiger partial charge in [-0.05, 0) is 10.5 Å². The monoisotopic (exact) mass is 367 g/mol. The van der Waals surface area contributed by atoms with Crippen LogP contribution in [0.1, 0.15) is 6.42 Å². The second-order valence-electron chi connectivity index (χ2n) is 1.95. The van der Waals surface area contributed by atoms with E-state index in [1.165, 1.54) is 0 Å². The zero-order valence-electron chi connectivity index (χ0n) is 5.50. The van der Waals surface area contributed by atoms with Gasteiger partial charge in [-0.15, -0.1) is 0 Å². The van der Waals surface area contributed by atoms with Gasteiger partial charge in [0.15, 0.2) is 0 Å². The fourth-order valence-corrected chi connectivity index (χ4v) is 1.85. The number of aliphatic hydroxyl groups excluding tert-OH is 1. The third-order valence-corrected chi connectivity index (χ3v) is 2.24. The number of rotatable bonds is 4. The van der Waals surface area contributed by atoms with Crippen molar-refractivity contribution in [1.29, 1.82) is 0 Å². The maximum atomic E-state index is 8.99. The van der Waals surface area contributed by atoms with Crippen molar-refractivity contribution < 1.29 is 5.11 Å². The molecule has 0 aliphatic carbocycles. The molecule has 0 aromatic heterocycles. The molecule has 2 nitrogen and oxygen atoms in total. The van der Waals surface area contributed by atoms with Crippen LogP contribution in [-0.4, -0.2) is 15.8 Å². The number of halogens is 2. The van der Waals surface area contributed by atoms with Crippen LogP contribution in [-0.2, 0) is 0 Å². The second kappa shape index (κ2) is 6.81. The summed E-state index contributed by atoms with van der Waals surface area (Å²) in [5, 5.41) is 8.99. The van der Waals surface area contributed by atoms with Crippen LogP contribution >= 0.6 is 45.2 Å². The topological polar surface area (TPSA) is 46.2 Å². The van der Waals surface area contributed by atoms with E-state index < -0.39 is 6.23 Å². The lowest BCUT2D eigenvalue weighted by atomic mass is 10.1. The smallest absolute Gasteiger partial charge is 0.108 e. The highest BCUT2D eigenvalue weighted by molar-refractivity contribution is 14.1. The first kappa shape index (κ1) is 11.1. The molecule has 0 fully saturated rings. The molecule has 4 heteroatoms. The minimum Gasteiger partial charge on any atom is -0.378 e. The minimum absolute atomic E-state index is 0.119. The van der Waals surface area contributed by atoms with Crippen LogP contribution in [0.4, 0.5) is 0 Å². The standard InChI is InChI=1S/C6H11I2NO/c7-3-1-5(2-4-8)6(9)10/h1,3,5-6,10H,2,4,9H2/b3-1-. The predicted octanol–water partition coefficient (Wildman–Crippen LogP) is 1.65. The molecule has 0 saturated carbocycles. The first-order chi connectivity index (χ1) is 4.72. The molecular formula is C6H11I2NO. The third kappa shape index (κ3) is 4.86. The molecule has 2 atom stereocenters. The van der Waals surface area contributed by atoms with E-state index in [9.17, 15) is 0 Å². The van der Waals surface area contributed by atoms with Gasteiger partial charge < -0.3 is 10.8 Å². The van der Waals surface area contributed by atoms with E-state index in [1.807, 2.05) is 10.2 Å². The maximum absolute atomic E-state index is 8.99. The number of alkyl halides is 1. The van der Waals surface area contributed by atoms with Crippen LogP contribution in [0.5, 0.6) is 0 Å². The largest absolute Gasteiger partial charge is 0.378 e. The summed E-state index contributed by atoms with van der Waals surface area (Å²) >= 11 is 4.40. The third-order valence-electron chi connectivity index (χ3n) is 1.20. The molecule has 0 heterocycles. The van der Waals surface area contributed by atoms with Crippen LogP contribution in [0.3, 0.4) is 0 Å². The highest BCUT2D eigenvalue weighted by atomic mass is 127. The lowest BCUT2D eigenvalue weighted by Gasteiger charge is -2.13. The normalized spacial score (nSPS) is 17.6. The Balaban J connectivity index is 3.72. The van der Waals surface area contributed by atoms with Crippen molar-refractivity contribution in [2.45, 2.75) is 12.6 Å². The van der Waals surface area contributed by atoms with Gasteiger partial charge in [-0.25, -0.2) is 0 Å². The predicted molar refractivity (Wildman–Crippen MR) is 60.3 cm³/mol. The number of nitrogens with two attached hydrogens (primary N) is 1. The van der Waals surface area contributed by atoms with Gasteiger partial charge in [0.05, 0.1) is 0 Å². The summed E-state index contributed by atoms with van der Waals surface area (Å²) in [7, 11) is 0. The zero-order valence-corrected chi connectivity index (χ0v) is 9.82. The van der Waals surface area contributed by atoms with Crippen LogP contribution in [0, 0.1) is 5.92 Å². The first-order valence-electron chi connectivity index (χ1n) is 2.99. The summed E-state index contributed by atoms with van der Waals surface area (Å²) in [5.41, 5.74) is 5.31. The molecule has 0 saturated heterocycles. The molecule has 0 aliphatic heterocycles. The Bertz CT molecular complexity index is 106. The number of aliphatic hydroxyl groups is 1. The van der Waals surface area contributed by atoms with Crippen molar-refractivity contribution in [3.05, 3.63) is 10.2 Å². The molecule has 0 spiro atoms.